The van der Waals surface area contributed by atoms with Gasteiger partial charge in [-0.3, -0.25) is 9.78 Å². The van der Waals surface area contributed by atoms with Crippen LogP contribution in [0.25, 0.3) is 10.9 Å². The lowest BCUT2D eigenvalue weighted by molar-refractivity contribution is -0.116. The molecule has 150 valence electrons. The fourth-order valence-electron chi connectivity index (χ4n) is 4.26. The Morgan fingerprint density at radius 3 is 2.29 bits per heavy atom. The van der Waals surface area contributed by atoms with Gasteiger partial charge in [-0.15, -0.1) is 5.54 Å². The molecule has 0 aliphatic heterocycles. The van der Waals surface area contributed by atoms with Crippen molar-refractivity contribution in [1.82, 2.24) is 4.98 Å². The zero-order chi connectivity index (χ0) is 20.9. The number of nitrogens with one attached hydrogen (secondary N) is 1. The van der Waals surface area contributed by atoms with Gasteiger partial charge in [-0.25, -0.2) is 0 Å². The summed E-state index contributed by atoms with van der Waals surface area (Å²) in [6.07, 6.45) is 2.06. The van der Waals surface area contributed by atoms with Crippen LogP contribution < -0.4 is 5.32 Å². The second-order valence-electron chi connectivity index (χ2n) is 8.27. The van der Waals surface area contributed by atoms with E-state index in [2.05, 4.69) is 79.2 Å². The summed E-state index contributed by atoms with van der Waals surface area (Å²) in [4.78, 5) is 16.8. The van der Waals surface area contributed by atoms with Crippen molar-refractivity contribution in [2.45, 2.75) is 69.4 Å². The number of halogens is 1. The predicted octanol–water partition coefficient (Wildman–Crippen LogP) is 6.55. The van der Waals surface area contributed by atoms with Crippen molar-refractivity contribution in [3.63, 3.8) is 0 Å². The van der Waals surface area contributed by atoms with Crippen LogP contribution in [0.1, 0.15) is 48.0 Å². The summed E-state index contributed by atoms with van der Waals surface area (Å²) in [5.41, 5.74) is 6.97. The fourth-order valence-corrected chi connectivity index (χ4v) is 10.2. The molecule has 1 aromatic heterocycles. The highest BCUT2D eigenvalue weighted by atomic mass is 79.9. The zero-order valence-corrected chi connectivity index (χ0v) is 20.3. The number of carbonyl (C=O) groups excluding carboxylic acids is 1. The lowest BCUT2D eigenvalue weighted by Crippen LogP contribution is -2.43. The molecule has 0 saturated carbocycles. The summed E-state index contributed by atoms with van der Waals surface area (Å²) in [7, 11) is -1.78. The molecule has 1 unspecified atom stereocenters. The van der Waals surface area contributed by atoms with Gasteiger partial charge in [0.15, 0.2) is 0 Å². The molecule has 2 aromatic rings. The molecular weight excluding hydrogens is 428 g/mol. The maximum Gasteiger partial charge on any atom is 0.226 e. The van der Waals surface area contributed by atoms with E-state index in [0.717, 1.165) is 16.6 Å². The Labute approximate surface area is 178 Å². The highest BCUT2D eigenvalue weighted by molar-refractivity contribution is 9.09. The number of hydrogen-bond acceptors (Lipinski definition) is 2. The molecule has 1 aromatic carbocycles. The molecule has 5 heteroatoms. The summed E-state index contributed by atoms with van der Waals surface area (Å²) in [6.45, 7) is 13.8. The van der Waals surface area contributed by atoms with E-state index >= 15 is 0 Å². The highest BCUT2D eigenvalue weighted by Crippen LogP contribution is 2.40. The van der Waals surface area contributed by atoms with Crippen LogP contribution in [0.15, 0.2) is 36.5 Å². The summed E-state index contributed by atoms with van der Waals surface area (Å²) in [5, 5.41) is 4.00. The minimum absolute atomic E-state index is 0.0553. The first-order valence-electron chi connectivity index (χ1n) is 9.98. The molecule has 0 bridgehead atoms. The van der Waals surface area contributed by atoms with E-state index in [0.29, 0.717) is 23.0 Å². The van der Waals surface area contributed by atoms with Gasteiger partial charge in [0.25, 0.3) is 0 Å². The average Bonchev–Trinajstić information content (AvgIpc) is 2.61. The SMILES string of the molecule is CC(C)[Si](C#CC(Br)CC(=O)Nc1cccc2cccnc12)(C(C)C)C(C)C. The van der Waals surface area contributed by atoms with Gasteiger partial charge in [0.1, 0.15) is 8.07 Å². The number of amides is 1. The number of benzene rings is 1. The molecule has 0 fully saturated rings. The van der Waals surface area contributed by atoms with Crippen LogP contribution in [-0.2, 0) is 4.79 Å². The Balaban J connectivity index is 2.14. The Bertz CT molecular complexity index is 856. The summed E-state index contributed by atoms with van der Waals surface area (Å²) < 4.78 is 0. The van der Waals surface area contributed by atoms with Crippen molar-refractivity contribution in [3.8, 4) is 11.5 Å². The number of aromatic nitrogens is 1. The maximum atomic E-state index is 12.6. The van der Waals surface area contributed by atoms with Crippen LogP contribution in [0.5, 0.6) is 0 Å². The molecule has 0 spiro atoms. The van der Waals surface area contributed by atoms with Crippen molar-refractivity contribution in [1.29, 1.82) is 0 Å². The molecule has 1 amide bonds. The van der Waals surface area contributed by atoms with Crippen LogP contribution in [0, 0.1) is 11.5 Å². The lowest BCUT2D eigenvalue weighted by Gasteiger charge is -2.38. The van der Waals surface area contributed by atoms with Crippen LogP contribution in [0.3, 0.4) is 0 Å². The number of para-hydroxylation sites is 1. The number of hydrogen-bond donors (Lipinski definition) is 1. The number of alkyl halides is 1. The van der Waals surface area contributed by atoms with Crippen LogP contribution in [0.4, 0.5) is 5.69 Å². The molecular formula is C23H31BrN2OSi. The molecule has 3 nitrogen and oxygen atoms in total. The Hall–Kier alpha value is -1.64. The average molecular weight is 460 g/mol. The van der Waals surface area contributed by atoms with Gasteiger partial charge in [0, 0.05) is 11.6 Å². The van der Waals surface area contributed by atoms with Crippen molar-refractivity contribution in [2.24, 2.45) is 0 Å². The van der Waals surface area contributed by atoms with E-state index in [1.54, 1.807) is 6.20 Å². The minimum Gasteiger partial charge on any atom is -0.324 e. The number of carbonyl (C=O) groups is 1. The van der Waals surface area contributed by atoms with Crippen molar-refractivity contribution in [3.05, 3.63) is 36.5 Å². The van der Waals surface area contributed by atoms with E-state index in [4.69, 9.17) is 0 Å². The first-order valence-corrected chi connectivity index (χ1v) is 13.1. The number of fused-ring (bicyclic) bond motifs is 1. The second-order valence-corrected chi connectivity index (χ2v) is 15.0. The van der Waals surface area contributed by atoms with E-state index < -0.39 is 8.07 Å². The van der Waals surface area contributed by atoms with Gasteiger partial charge < -0.3 is 5.32 Å². The highest BCUT2D eigenvalue weighted by Gasteiger charge is 2.41. The molecule has 1 atom stereocenters. The van der Waals surface area contributed by atoms with E-state index in [1.807, 2.05) is 30.3 Å². The van der Waals surface area contributed by atoms with E-state index in [-0.39, 0.29) is 10.7 Å². The fraction of sp³-hybridized carbons (Fsp3) is 0.478. The van der Waals surface area contributed by atoms with Gasteiger partial charge in [0.2, 0.25) is 5.91 Å². The van der Waals surface area contributed by atoms with Crippen molar-refractivity contribution >= 4 is 46.5 Å². The van der Waals surface area contributed by atoms with Crippen LogP contribution in [0.2, 0.25) is 16.6 Å². The molecule has 1 N–H and O–H groups in total. The summed E-state index contributed by atoms with van der Waals surface area (Å²) in [6, 6.07) is 9.69. The Kier molecular flexibility index (Phi) is 7.85. The van der Waals surface area contributed by atoms with Gasteiger partial charge >= 0.3 is 0 Å². The van der Waals surface area contributed by atoms with Crippen LogP contribution >= 0.6 is 15.9 Å². The monoisotopic (exact) mass is 458 g/mol. The third-order valence-corrected chi connectivity index (χ3v) is 12.4. The minimum atomic E-state index is -1.78. The number of nitrogens with zero attached hydrogens (tertiary/aromatic N) is 1. The molecule has 2 rings (SSSR count). The quantitative estimate of drug-likeness (QED) is 0.302. The Morgan fingerprint density at radius 2 is 1.68 bits per heavy atom. The van der Waals surface area contributed by atoms with Crippen molar-refractivity contribution in [2.75, 3.05) is 5.32 Å². The number of pyridine rings is 1. The lowest BCUT2D eigenvalue weighted by atomic mass is 10.2. The molecule has 28 heavy (non-hydrogen) atoms. The third-order valence-electron chi connectivity index (χ3n) is 5.58. The normalized spacial score (nSPS) is 12.9. The molecule has 1 heterocycles. The van der Waals surface area contributed by atoms with Gasteiger partial charge in [-0.1, -0.05) is 81.6 Å². The first-order chi connectivity index (χ1) is 13.2. The first kappa shape index (κ1) is 22.6. The molecule has 0 saturated heterocycles. The molecule has 0 aliphatic carbocycles. The van der Waals surface area contributed by atoms with Gasteiger partial charge in [-0.2, -0.15) is 0 Å². The van der Waals surface area contributed by atoms with Gasteiger partial charge in [0.05, 0.1) is 22.5 Å². The second kappa shape index (κ2) is 9.71. The zero-order valence-electron chi connectivity index (χ0n) is 17.7. The summed E-state index contributed by atoms with van der Waals surface area (Å²) in [5.74, 6) is 3.32. The van der Waals surface area contributed by atoms with Crippen molar-refractivity contribution < 1.29 is 4.79 Å². The third kappa shape index (κ3) is 5.04. The standard InChI is InChI=1S/C23H31BrN2OSi/c1-16(2)28(17(3)4,18(5)6)14-12-20(24)15-22(27)26-21-11-7-9-19-10-8-13-25-23(19)21/h7-11,13,16-18,20H,15H2,1-6H3,(H,26,27). The van der Waals surface area contributed by atoms with Crippen LogP contribution in [-0.4, -0.2) is 23.8 Å². The number of rotatable bonds is 6. The molecule has 0 aliphatic rings. The number of anilines is 1. The smallest absolute Gasteiger partial charge is 0.226 e. The van der Waals surface area contributed by atoms with E-state index in [1.165, 1.54) is 0 Å². The topological polar surface area (TPSA) is 42.0 Å². The summed E-state index contributed by atoms with van der Waals surface area (Å²) >= 11 is 3.61. The molecule has 0 radical (unpaired) electrons. The van der Waals surface area contributed by atoms with Gasteiger partial charge in [-0.05, 0) is 28.8 Å². The Morgan fingerprint density at radius 1 is 1.07 bits per heavy atom. The predicted molar refractivity (Wildman–Crippen MR) is 127 cm³/mol. The van der Waals surface area contributed by atoms with E-state index in [9.17, 15) is 4.79 Å². The largest absolute Gasteiger partial charge is 0.324 e. The maximum absolute atomic E-state index is 12.6.